The Morgan fingerprint density at radius 3 is 2.65 bits per heavy atom. The van der Waals surface area contributed by atoms with Gasteiger partial charge in [-0.2, -0.15) is 5.26 Å². The molecular formula is C14H17ClN4O. The van der Waals surface area contributed by atoms with E-state index in [0.717, 1.165) is 26.2 Å². The maximum Gasteiger partial charge on any atom is 0.238 e. The van der Waals surface area contributed by atoms with E-state index in [1.165, 1.54) is 0 Å². The van der Waals surface area contributed by atoms with Crippen LogP contribution in [0.3, 0.4) is 0 Å². The number of carbonyl (C=O) groups is 1. The molecule has 1 saturated heterocycles. The van der Waals surface area contributed by atoms with Crippen LogP contribution in [-0.2, 0) is 4.79 Å². The molecule has 20 heavy (non-hydrogen) atoms. The van der Waals surface area contributed by atoms with E-state index in [1.807, 2.05) is 6.07 Å². The average Bonchev–Trinajstić information content (AvgIpc) is 2.41. The lowest BCUT2D eigenvalue weighted by molar-refractivity contribution is -0.117. The number of rotatable bonds is 4. The van der Waals surface area contributed by atoms with Crippen LogP contribution >= 0.6 is 11.6 Å². The Kier molecular flexibility index (Phi) is 5.36. The summed E-state index contributed by atoms with van der Waals surface area (Å²) in [6, 6.07) is 9.26. The van der Waals surface area contributed by atoms with Gasteiger partial charge in [0.1, 0.15) is 0 Å². The van der Waals surface area contributed by atoms with E-state index in [-0.39, 0.29) is 5.91 Å². The van der Waals surface area contributed by atoms with Crippen LogP contribution in [-0.4, -0.2) is 55.0 Å². The first-order valence-electron chi connectivity index (χ1n) is 6.54. The van der Waals surface area contributed by atoms with Crippen molar-refractivity contribution in [2.24, 2.45) is 0 Å². The zero-order chi connectivity index (χ0) is 14.4. The van der Waals surface area contributed by atoms with Crippen molar-refractivity contribution < 1.29 is 4.79 Å². The third kappa shape index (κ3) is 4.49. The van der Waals surface area contributed by atoms with E-state index in [1.54, 1.807) is 18.2 Å². The third-order valence-electron chi connectivity index (χ3n) is 3.23. The van der Waals surface area contributed by atoms with Gasteiger partial charge in [-0.15, -0.1) is 0 Å². The number of halogens is 1. The van der Waals surface area contributed by atoms with Gasteiger partial charge in [-0.05, 0) is 18.2 Å². The molecule has 1 N–H and O–H groups in total. The van der Waals surface area contributed by atoms with Gasteiger partial charge in [0.2, 0.25) is 5.91 Å². The van der Waals surface area contributed by atoms with Crippen molar-refractivity contribution in [3.8, 4) is 6.07 Å². The number of anilines is 1. The smallest absolute Gasteiger partial charge is 0.238 e. The molecule has 0 spiro atoms. The highest BCUT2D eigenvalue weighted by atomic mass is 35.5. The minimum Gasteiger partial charge on any atom is -0.325 e. The maximum absolute atomic E-state index is 11.9. The molecule has 1 fully saturated rings. The van der Waals surface area contributed by atoms with Crippen LogP contribution in [0.15, 0.2) is 24.3 Å². The van der Waals surface area contributed by atoms with Crippen LogP contribution in [0.2, 0.25) is 5.02 Å². The molecule has 6 heteroatoms. The van der Waals surface area contributed by atoms with Gasteiger partial charge >= 0.3 is 0 Å². The molecule has 0 aromatic heterocycles. The van der Waals surface area contributed by atoms with Gasteiger partial charge in [0.05, 0.1) is 19.2 Å². The van der Waals surface area contributed by atoms with Gasteiger partial charge in [0, 0.05) is 36.9 Å². The number of amides is 1. The van der Waals surface area contributed by atoms with E-state index in [9.17, 15) is 4.79 Å². The third-order valence-corrected chi connectivity index (χ3v) is 3.47. The van der Waals surface area contributed by atoms with E-state index in [2.05, 4.69) is 21.2 Å². The Balaban J connectivity index is 1.77. The summed E-state index contributed by atoms with van der Waals surface area (Å²) < 4.78 is 0. The first-order chi connectivity index (χ1) is 9.67. The molecule has 1 aliphatic rings. The lowest BCUT2D eigenvalue weighted by Crippen LogP contribution is -2.48. The zero-order valence-corrected chi connectivity index (χ0v) is 11.9. The molecular weight excluding hydrogens is 276 g/mol. The zero-order valence-electron chi connectivity index (χ0n) is 11.2. The van der Waals surface area contributed by atoms with E-state index in [0.29, 0.717) is 23.8 Å². The van der Waals surface area contributed by atoms with E-state index < -0.39 is 0 Å². The molecule has 0 saturated carbocycles. The molecule has 106 valence electrons. The Hall–Kier alpha value is -1.61. The summed E-state index contributed by atoms with van der Waals surface area (Å²) in [4.78, 5) is 16.1. The van der Waals surface area contributed by atoms with Gasteiger partial charge < -0.3 is 5.32 Å². The molecule has 0 radical (unpaired) electrons. The Labute approximate surface area is 123 Å². The Morgan fingerprint density at radius 1 is 1.30 bits per heavy atom. The Bertz CT molecular complexity index is 506. The van der Waals surface area contributed by atoms with Crippen molar-refractivity contribution in [2.45, 2.75) is 0 Å². The standard InChI is InChI=1S/C14H17ClN4O/c15-12-2-1-3-13(10-12)17-14(20)11-19-8-6-18(5-4-16)7-9-19/h1-3,10H,5-9,11H2,(H,17,20). The molecule has 1 aromatic carbocycles. The van der Waals surface area contributed by atoms with Gasteiger partial charge in [-0.1, -0.05) is 17.7 Å². The second kappa shape index (κ2) is 7.25. The monoisotopic (exact) mass is 292 g/mol. The second-order valence-electron chi connectivity index (χ2n) is 4.77. The predicted octanol–water partition coefficient (Wildman–Crippen LogP) is 1.42. The topological polar surface area (TPSA) is 59.4 Å². The molecule has 2 rings (SSSR count). The van der Waals surface area contributed by atoms with Crippen molar-refractivity contribution in [3.05, 3.63) is 29.3 Å². The Morgan fingerprint density at radius 2 is 2.00 bits per heavy atom. The number of nitrogens with one attached hydrogen (secondary N) is 1. The van der Waals surface area contributed by atoms with Crippen LogP contribution in [0.4, 0.5) is 5.69 Å². The fourth-order valence-corrected chi connectivity index (χ4v) is 2.37. The number of nitriles is 1. The van der Waals surface area contributed by atoms with Crippen molar-refractivity contribution in [3.63, 3.8) is 0 Å². The normalized spacial score (nSPS) is 16.6. The highest BCUT2D eigenvalue weighted by molar-refractivity contribution is 6.30. The predicted molar refractivity (Wildman–Crippen MR) is 78.6 cm³/mol. The van der Waals surface area contributed by atoms with Crippen molar-refractivity contribution >= 4 is 23.2 Å². The largest absolute Gasteiger partial charge is 0.325 e. The summed E-state index contributed by atoms with van der Waals surface area (Å²) >= 11 is 5.87. The highest BCUT2D eigenvalue weighted by Gasteiger charge is 2.18. The minimum atomic E-state index is -0.0407. The fourth-order valence-electron chi connectivity index (χ4n) is 2.18. The van der Waals surface area contributed by atoms with E-state index >= 15 is 0 Å². The molecule has 1 aromatic rings. The van der Waals surface area contributed by atoms with Crippen LogP contribution in [0.1, 0.15) is 0 Å². The SMILES string of the molecule is N#CCN1CCN(CC(=O)Nc2cccc(Cl)c2)CC1. The molecule has 1 aliphatic heterocycles. The van der Waals surface area contributed by atoms with E-state index in [4.69, 9.17) is 16.9 Å². The summed E-state index contributed by atoms with van der Waals surface area (Å²) in [5.74, 6) is -0.0407. The number of hydrogen-bond donors (Lipinski definition) is 1. The van der Waals surface area contributed by atoms with Gasteiger partial charge in [0.15, 0.2) is 0 Å². The van der Waals surface area contributed by atoms with Crippen molar-refractivity contribution in [1.29, 1.82) is 5.26 Å². The highest BCUT2D eigenvalue weighted by Crippen LogP contribution is 2.14. The summed E-state index contributed by atoms with van der Waals surface area (Å²) in [5.41, 5.74) is 0.714. The molecule has 0 aliphatic carbocycles. The maximum atomic E-state index is 11.9. The van der Waals surface area contributed by atoms with Crippen molar-refractivity contribution in [1.82, 2.24) is 9.80 Å². The van der Waals surface area contributed by atoms with Crippen LogP contribution in [0.25, 0.3) is 0 Å². The number of carbonyl (C=O) groups excluding carboxylic acids is 1. The summed E-state index contributed by atoms with van der Waals surface area (Å²) in [6.07, 6.45) is 0. The fraction of sp³-hybridized carbons (Fsp3) is 0.429. The molecule has 1 amide bonds. The summed E-state index contributed by atoms with van der Waals surface area (Å²) in [7, 11) is 0. The quantitative estimate of drug-likeness (QED) is 0.853. The molecule has 0 bridgehead atoms. The second-order valence-corrected chi connectivity index (χ2v) is 5.21. The van der Waals surface area contributed by atoms with Gasteiger partial charge in [-0.25, -0.2) is 0 Å². The van der Waals surface area contributed by atoms with Gasteiger partial charge in [-0.3, -0.25) is 14.6 Å². The van der Waals surface area contributed by atoms with Gasteiger partial charge in [0.25, 0.3) is 0 Å². The lowest BCUT2D eigenvalue weighted by atomic mass is 10.3. The minimum absolute atomic E-state index is 0.0407. The first kappa shape index (κ1) is 14.8. The molecule has 1 heterocycles. The summed E-state index contributed by atoms with van der Waals surface area (Å²) in [6.45, 7) is 4.11. The van der Waals surface area contributed by atoms with Crippen LogP contribution in [0, 0.1) is 11.3 Å². The van der Waals surface area contributed by atoms with Crippen LogP contribution < -0.4 is 5.32 Å². The number of piperazine rings is 1. The average molecular weight is 293 g/mol. The van der Waals surface area contributed by atoms with Crippen LogP contribution in [0.5, 0.6) is 0 Å². The van der Waals surface area contributed by atoms with Crippen molar-refractivity contribution in [2.75, 3.05) is 44.6 Å². The molecule has 0 atom stereocenters. The lowest BCUT2D eigenvalue weighted by Gasteiger charge is -2.32. The number of nitrogens with zero attached hydrogens (tertiary/aromatic N) is 3. The molecule has 0 unspecified atom stereocenters. The molecule has 5 nitrogen and oxygen atoms in total. The summed E-state index contributed by atoms with van der Waals surface area (Å²) in [5, 5.41) is 12.1. The number of benzene rings is 1. The first-order valence-corrected chi connectivity index (χ1v) is 6.92. The number of hydrogen-bond acceptors (Lipinski definition) is 4.